The minimum absolute atomic E-state index is 0.0455. The number of ether oxygens (including phenoxy) is 1. The summed E-state index contributed by atoms with van der Waals surface area (Å²) < 4.78 is 5.28. The van der Waals surface area contributed by atoms with E-state index in [0.717, 1.165) is 0 Å². The van der Waals surface area contributed by atoms with Crippen LogP contribution in [0, 0.1) is 23.2 Å². The van der Waals surface area contributed by atoms with Crippen LogP contribution in [0.4, 0.5) is 0 Å². The molecule has 1 aliphatic heterocycles. The first-order chi connectivity index (χ1) is 6.24. The van der Waals surface area contributed by atoms with E-state index in [-0.39, 0.29) is 17.7 Å². The minimum Gasteiger partial charge on any atom is -0.372 e. The summed E-state index contributed by atoms with van der Waals surface area (Å²) >= 11 is 0. The number of nitrogens with zero attached hydrogens (tertiary/aromatic N) is 1. The van der Waals surface area contributed by atoms with Gasteiger partial charge >= 0.3 is 0 Å². The van der Waals surface area contributed by atoms with E-state index < -0.39 is 5.60 Å². The molecule has 0 radical (unpaired) electrons. The van der Waals surface area contributed by atoms with Gasteiger partial charge in [-0.25, -0.2) is 0 Å². The second-order valence-electron chi connectivity index (χ2n) is 3.37. The molecule has 1 heterocycles. The van der Waals surface area contributed by atoms with Crippen LogP contribution in [0.3, 0.4) is 0 Å². The van der Waals surface area contributed by atoms with Crippen molar-refractivity contribution < 1.29 is 9.53 Å². The fraction of sp³-hybridized carbons (Fsp3) is 0.556. The number of nitrogens with one attached hydrogen (secondary N) is 1. The van der Waals surface area contributed by atoms with E-state index in [1.54, 1.807) is 19.4 Å². The second kappa shape index (κ2) is 2.57. The van der Waals surface area contributed by atoms with Gasteiger partial charge < -0.3 is 10.1 Å². The van der Waals surface area contributed by atoms with Gasteiger partial charge in [-0.1, -0.05) is 0 Å². The van der Waals surface area contributed by atoms with Crippen molar-refractivity contribution >= 4 is 5.91 Å². The number of rotatable bonds is 1. The summed E-state index contributed by atoms with van der Waals surface area (Å²) in [5.74, 6) is -0.423. The summed E-state index contributed by atoms with van der Waals surface area (Å²) in [5, 5.41) is 11.4. The van der Waals surface area contributed by atoms with E-state index in [0.29, 0.717) is 6.42 Å². The van der Waals surface area contributed by atoms with Crippen molar-refractivity contribution in [2.75, 3.05) is 7.11 Å². The Labute approximate surface area is 76.2 Å². The summed E-state index contributed by atoms with van der Waals surface area (Å²) in [4.78, 5) is 11.3. The van der Waals surface area contributed by atoms with Gasteiger partial charge in [0.1, 0.15) is 5.60 Å². The molecule has 2 aliphatic rings. The Morgan fingerprint density at radius 2 is 2.62 bits per heavy atom. The highest BCUT2D eigenvalue weighted by molar-refractivity contribution is 5.84. The van der Waals surface area contributed by atoms with E-state index >= 15 is 0 Å². The van der Waals surface area contributed by atoms with Crippen molar-refractivity contribution in [1.29, 1.82) is 5.26 Å². The maximum atomic E-state index is 11.3. The molecule has 0 aromatic carbocycles. The zero-order valence-electron chi connectivity index (χ0n) is 7.28. The van der Waals surface area contributed by atoms with Crippen LogP contribution in [0.2, 0.25) is 0 Å². The SMILES string of the molecule is COC12C=CNC(=O)C1CC2C#N. The molecule has 0 aromatic heterocycles. The van der Waals surface area contributed by atoms with Crippen molar-refractivity contribution in [2.45, 2.75) is 12.0 Å². The van der Waals surface area contributed by atoms with Crippen LogP contribution in [0.1, 0.15) is 6.42 Å². The molecule has 1 amide bonds. The number of carbonyl (C=O) groups excluding carboxylic acids is 1. The smallest absolute Gasteiger partial charge is 0.230 e. The normalized spacial score (nSPS) is 41.4. The van der Waals surface area contributed by atoms with Gasteiger partial charge in [0.05, 0.1) is 17.9 Å². The van der Waals surface area contributed by atoms with Gasteiger partial charge in [0.2, 0.25) is 5.91 Å². The zero-order valence-corrected chi connectivity index (χ0v) is 7.28. The molecule has 0 saturated heterocycles. The summed E-state index contributed by atoms with van der Waals surface area (Å²) in [6.45, 7) is 0. The van der Waals surface area contributed by atoms with Crippen LogP contribution < -0.4 is 5.32 Å². The molecular formula is C9H10N2O2. The molecule has 0 spiro atoms. The first-order valence-electron chi connectivity index (χ1n) is 4.17. The highest BCUT2D eigenvalue weighted by atomic mass is 16.5. The van der Waals surface area contributed by atoms with Crippen molar-refractivity contribution in [3.8, 4) is 6.07 Å². The van der Waals surface area contributed by atoms with Gasteiger partial charge in [-0.05, 0) is 12.5 Å². The van der Waals surface area contributed by atoms with Crippen molar-refractivity contribution in [3.05, 3.63) is 12.3 Å². The summed E-state index contributed by atoms with van der Waals surface area (Å²) in [6.07, 6.45) is 3.93. The fourth-order valence-electron chi connectivity index (χ4n) is 2.09. The predicted octanol–water partition coefficient (Wildman–Crippen LogP) is 0.175. The maximum absolute atomic E-state index is 11.3. The van der Waals surface area contributed by atoms with Gasteiger partial charge in [-0.15, -0.1) is 0 Å². The molecule has 1 N–H and O–H groups in total. The molecule has 1 saturated carbocycles. The van der Waals surface area contributed by atoms with Crippen molar-refractivity contribution in [1.82, 2.24) is 5.32 Å². The second-order valence-corrected chi connectivity index (χ2v) is 3.37. The van der Waals surface area contributed by atoms with E-state index in [9.17, 15) is 4.79 Å². The average Bonchev–Trinajstić information content (AvgIpc) is 2.10. The lowest BCUT2D eigenvalue weighted by molar-refractivity contribution is -0.158. The molecule has 3 unspecified atom stereocenters. The summed E-state index contributed by atoms with van der Waals surface area (Å²) in [7, 11) is 1.54. The molecule has 13 heavy (non-hydrogen) atoms. The third kappa shape index (κ3) is 0.850. The van der Waals surface area contributed by atoms with Crippen LogP contribution >= 0.6 is 0 Å². The molecule has 68 valence electrons. The van der Waals surface area contributed by atoms with Crippen LogP contribution in [0.5, 0.6) is 0 Å². The van der Waals surface area contributed by atoms with E-state index in [2.05, 4.69) is 11.4 Å². The quantitative estimate of drug-likeness (QED) is 0.622. The monoisotopic (exact) mass is 178 g/mol. The minimum atomic E-state index is -0.656. The standard InChI is InChI=1S/C9H10N2O2/c1-13-9-2-3-11-8(12)7(9)4-6(9)5-10/h2-3,6-7H,4H2,1H3,(H,11,12). The molecule has 1 aliphatic carbocycles. The molecule has 4 nitrogen and oxygen atoms in total. The summed E-state index contributed by atoms with van der Waals surface area (Å²) in [6, 6.07) is 2.16. The molecule has 2 rings (SSSR count). The third-order valence-corrected chi connectivity index (χ3v) is 2.96. The Kier molecular flexibility index (Phi) is 1.64. The zero-order chi connectivity index (χ0) is 9.47. The Hall–Kier alpha value is -1.34. The van der Waals surface area contributed by atoms with Crippen molar-refractivity contribution in [2.24, 2.45) is 11.8 Å². The number of carbonyl (C=O) groups is 1. The van der Waals surface area contributed by atoms with E-state index in [1.807, 2.05) is 0 Å². The lowest BCUT2D eigenvalue weighted by Crippen LogP contribution is -2.62. The molecule has 3 atom stereocenters. The Morgan fingerprint density at radius 3 is 3.23 bits per heavy atom. The van der Waals surface area contributed by atoms with Crippen LogP contribution in [0.15, 0.2) is 12.3 Å². The van der Waals surface area contributed by atoms with Gasteiger partial charge in [-0.3, -0.25) is 4.79 Å². The van der Waals surface area contributed by atoms with Gasteiger partial charge in [0.15, 0.2) is 0 Å². The van der Waals surface area contributed by atoms with Crippen LogP contribution in [-0.4, -0.2) is 18.6 Å². The van der Waals surface area contributed by atoms with E-state index in [1.165, 1.54) is 0 Å². The first-order valence-corrected chi connectivity index (χ1v) is 4.17. The Balaban J connectivity index is 2.34. The van der Waals surface area contributed by atoms with Crippen LogP contribution in [0.25, 0.3) is 0 Å². The number of amides is 1. The molecular weight excluding hydrogens is 168 g/mol. The maximum Gasteiger partial charge on any atom is 0.230 e. The van der Waals surface area contributed by atoms with Gasteiger partial charge in [-0.2, -0.15) is 5.26 Å². The fourth-order valence-corrected chi connectivity index (χ4v) is 2.09. The van der Waals surface area contributed by atoms with Crippen LogP contribution in [-0.2, 0) is 9.53 Å². The number of methoxy groups -OCH3 is 1. The molecule has 0 bridgehead atoms. The Bertz CT molecular complexity index is 318. The average molecular weight is 178 g/mol. The predicted molar refractivity (Wildman–Crippen MR) is 44.2 cm³/mol. The molecule has 0 aromatic rings. The lowest BCUT2D eigenvalue weighted by atomic mass is 9.60. The first kappa shape index (κ1) is 8.27. The summed E-state index contributed by atoms with van der Waals surface area (Å²) in [5.41, 5.74) is -0.656. The van der Waals surface area contributed by atoms with E-state index in [4.69, 9.17) is 10.00 Å². The number of nitriles is 1. The Morgan fingerprint density at radius 1 is 1.85 bits per heavy atom. The third-order valence-electron chi connectivity index (χ3n) is 2.96. The highest BCUT2D eigenvalue weighted by Gasteiger charge is 2.59. The lowest BCUT2D eigenvalue weighted by Gasteiger charge is -2.50. The topological polar surface area (TPSA) is 62.1 Å². The number of fused-ring (bicyclic) bond motifs is 1. The van der Waals surface area contributed by atoms with Gasteiger partial charge in [0, 0.05) is 13.3 Å². The van der Waals surface area contributed by atoms with Crippen molar-refractivity contribution in [3.63, 3.8) is 0 Å². The molecule has 1 fully saturated rings. The highest BCUT2D eigenvalue weighted by Crippen LogP contribution is 2.48. The number of hydrogen-bond donors (Lipinski definition) is 1. The molecule has 4 heteroatoms. The number of hydrogen-bond acceptors (Lipinski definition) is 3. The largest absolute Gasteiger partial charge is 0.372 e. The van der Waals surface area contributed by atoms with Gasteiger partial charge in [0.25, 0.3) is 0 Å².